The molecule has 1 saturated heterocycles. The Morgan fingerprint density at radius 1 is 0.917 bits per heavy atom. The number of nitrogens with one attached hydrogen (secondary N) is 2. The van der Waals surface area contributed by atoms with Crippen molar-refractivity contribution >= 4 is 29.4 Å². The van der Waals surface area contributed by atoms with Crippen LogP contribution >= 0.6 is 11.6 Å². The van der Waals surface area contributed by atoms with Crippen molar-refractivity contribution in [1.82, 2.24) is 10.6 Å². The van der Waals surface area contributed by atoms with Crippen LogP contribution < -0.4 is 15.4 Å². The maximum absolute atomic E-state index is 14.0. The largest absolute Gasteiger partial charge is 0.437 e. The first-order chi connectivity index (χ1) is 17.0. The summed E-state index contributed by atoms with van der Waals surface area (Å²) in [6, 6.07) is 15.4. The zero-order chi connectivity index (χ0) is 26.1. The predicted molar refractivity (Wildman–Crippen MR) is 123 cm³/mol. The molecule has 1 aliphatic rings. The van der Waals surface area contributed by atoms with Gasteiger partial charge in [0.15, 0.2) is 5.78 Å². The molecule has 0 aromatic heterocycles. The van der Waals surface area contributed by atoms with Crippen molar-refractivity contribution in [2.75, 3.05) is 0 Å². The number of aliphatic hydroxyl groups is 1. The van der Waals surface area contributed by atoms with Crippen molar-refractivity contribution in [1.29, 1.82) is 0 Å². The Hall–Kier alpha value is -3.89. The van der Waals surface area contributed by atoms with Gasteiger partial charge in [-0.25, -0.2) is 9.59 Å². The van der Waals surface area contributed by atoms with E-state index in [0.29, 0.717) is 5.02 Å². The molecule has 1 fully saturated rings. The molecule has 11 heteroatoms. The number of alkyl halides is 3. The highest BCUT2D eigenvalue weighted by molar-refractivity contribution is 6.30. The number of benzene rings is 3. The van der Waals surface area contributed by atoms with Crippen LogP contribution in [0.4, 0.5) is 18.0 Å². The first-order valence-corrected chi connectivity index (χ1v) is 10.9. The number of urea groups is 1. The minimum atomic E-state index is -5.37. The third-order valence-electron chi connectivity index (χ3n) is 5.68. The second-order valence-electron chi connectivity index (χ2n) is 8.01. The Morgan fingerprint density at radius 3 is 2.11 bits per heavy atom. The predicted octanol–water partition coefficient (Wildman–Crippen LogP) is 4.66. The van der Waals surface area contributed by atoms with Gasteiger partial charge in [0, 0.05) is 10.6 Å². The van der Waals surface area contributed by atoms with Gasteiger partial charge in [0.25, 0.3) is 0 Å². The summed E-state index contributed by atoms with van der Waals surface area (Å²) in [7, 11) is 0. The zero-order valence-corrected chi connectivity index (χ0v) is 19.0. The summed E-state index contributed by atoms with van der Waals surface area (Å²) in [6.45, 7) is 0. The average Bonchev–Trinajstić information content (AvgIpc) is 2.84. The number of ether oxygens (including phenoxy) is 1. The standard InChI is InChI=1S/C25H18ClF3N2O5/c26-17-10-6-16(7-11-17)22(33)36-18-12-8-14(9-13-18)20-19(21(32)15-4-2-1-3-5-15)24(35,25(27,28)29)31-23(34)30-20/h1-13,19-20,35H,(H2,30,31,34)/t19-,20-,24-/m1/s1. The zero-order valence-electron chi connectivity index (χ0n) is 18.3. The van der Waals surface area contributed by atoms with Crippen LogP contribution in [-0.4, -0.2) is 34.8 Å². The molecule has 186 valence electrons. The molecule has 7 nitrogen and oxygen atoms in total. The van der Waals surface area contributed by atoms with Gasteiger partial charge in [-0.15, -0.1) is 0 Å². The average molecular weight is 519 g/mol. The smallest absolute Gasteiger partial charge is 0.423 e. The molecule has 3 aromatic carbocycles. The van der Waals surface area contributed by atoms with Crippen molar-refractivity contribution in [2.24, 2.45) is 5.92 Å². The van der Waals surface area contributed by atoms with Crippen LogP contribution in [0.2, 0.25) is 5.02 Å². The van der Waals surface area contributed by atoms with Crippen LogP contribution in [0.1, 0.15) is 32.3 Å². The van der Waals surface area contributed by atoms with Crippen molar-refractivity contribution in [3.05, 3.63) is 101 Å². The minimum Gasteiger partial charge on any atom is -0.423 e. The SMILES string of the molecule is O=C1N[C@H](c2ccc(OC(=O)c3ccc(Cl)cc3)cc2)[C@H](C(=O)c2ccccc2)[C@@](O)(C(F)(F)F)N1. The topological polar surface area (TPSA) is 105 Å². The fourth-order valence-electron chi connectivity index (χ4n) is 3.89. The Balaban J connectivity index is 1.66. The highest BCUT2D eigenvalue weighted by Gasteiger charge is 2.66. The number of rotatable bonds is 5. The maximum Gasteiger partial charge on any atom is 0.437 e. The summed E-state index contributed by atoms with van der Waals surface area (Å²) in [5, 5.41) is 14.8. The van der Waals surface area contributed by atoms with E-state index >= 15 is 0 Å². The molecular formula is C25H18ClF3N2O5. The maximum atomic E-state index is 14.0. The molecular weight excluding hydrogens is 501 g/mol. The summed E-state index contributed by atoms with van der Waals surface area (Å²) in [5.41, 5.74) is -3.63. The van der Waals surface area contributed by atoms with Gasteiger partial charge in [0.1, 0.15) is 11.7 Å². The molecule has 1 aliphatic heterocycles. The van der Waals surface area contributed by atoms with Crippen LogP contribution in [0.15, 0.2) is 78.9 Å². The number of halogens is 4. The second-order valence-corrected chi connectivity index (χ2v) is 8.45. The van der Waals surface area contributed by atoms with E-state index in [2.05, 4.69) is 5.32 Å². The molecule has 0 bridgehead atoms. The molecule has 0 radical (unpaired) electrons. The van der Waals surface area contributed by atoms with E-state index in [4.69, 9.17) is 16.3 Å². The molecule has 36 heavy (non-hydrogen) atoms. The highest BCUT2D eigenvalue weighted by atomic mass is 35.5. The van der Waals surface area contributed by atoms with Crippen LogP contribution in [0, 0.1) is 5.92 Å². The van der Waals surface area contributed by atoms with E-state index in [0.717, 1.165) is 0 Å². The number of amides is 2. The van der Waals surface area contributed by atoms with E-state index in [9.17, 15) is 32.7 Å². The van der Waals surface area contributed by atoms with Gasteiger partial charge in [0.05, 0.1) is 11.6 Å². The molecule has 3 aromatic rings. The van der Waals surface area contributed by atoms with Gasteiger partial charge >= 0.3 is 18.2 Å². The minimum absolute atomic E-state index is 0.0657. The number of carbonyl (C=O) groups is 3. The number of Topliss-reactive ketones (excluding diaryl/α,β-unsaturated/α-hetero) is 1. The van der Waals surface area contributed by atoms with E-state index in [-0.39, 0.29) is 22.4 Å². The third-order valence-corrected chi connectivity index (χ3v) is 5.93. The van der Waals surface area contributed by atoms with E-state index in [1.165, 1.54) is 78.1 Å². The normalized spacial score (nSPS) is 21.8. The summed E-state index contributed by atoms with van der Waals surface area (Å²) in [4.78, 5) is 37.7. The van der Waals surface area contributed by atoms with E-state index < -0.39 is 41.6 Å². The Morgan fingerprint density at radius 2 is 1.53 bits per heavy atom. The van der Waals surface area contributed by atoms with Crippen LogP contribution in [0.3, 0.4) is 0 Å². The molecule has 3 N–H and O–H groups in total. The summed E-state index contributed by atoms with van der Waals surface area (Å²) >= 11 is 5.80. The quantitative estimate of drug-likeness (QED) is 0.259. The molecule has 3 atom stereocenters. The van der Waals surface area contributed by atoms with Crippen LogP contribution in [0.25, 0.3) is 0 Å². The number of carbonyl (C=O) groups excluding carboxylic acids is 3. The van der Waals surface area contributed by atoms with E-state index in [1.807, 2.05) is 0 Å². The fourth-order valence-corrected chi connectivity index (χ4v) is 4.02. The molecule has 1 heterocycles. The molecule has 0 unspecified atom stereocenters. The van der Waals surface area contributed by atoms with Crippen molar-refractivity contribution in [3.8, 4) is 5.75 Å². The van der Waals surface area contributed by atoms with Crippen LogP contribution in [0.5, 0.6) is 5.75 Å². The summed E-state index contributed by atoms with van der Waals surface area (Å²) < 4.78 is 47.3. The Bertz CT molecular complexity index is 1280. The molecule has 2 amide bonds. The lowest BCUT2D eigenvalue weighted by Crippen LogP contribution is -2.72. The molecule has 0 spiro atoms. The van der Waals surface area contributed by atoms with Crippen molar-refractivity contribution in [3.63, 3.8) is 0 Å². The fraction of sp³-hybridized carbons (Fsp3) is 0.160. The highest BCUT2D eigenvalue weighted by Crippen LogP contribution is 2.44. The van der Waals surface area contributed by atoms with Crippen LogP contribution in [-0.2, 0) is 0 Å². The van der Waals surface area contributed by atoms with E-state index in [1.54, 1.807) is 6.07 Å². The third kappa shape index (κ3) is 4.91. The number of ketones is 1. The monoisotopic (exact) mass is 518 g/mol. The Labute approximate surface area is 207 Å². The molecule has 4 rings (SSSR count). The lowest BCUT2D eigenvalue weighted by atomic mass is 9.77. The number of hydrogen-bond donors (Lipinski definition) is 3. The summed E-state index contributed by atoms with van der Waals surface area (Å²) in [5.74, 6) is -3.83. The van der Waals surface area contributed by atoms with Crippen molar-refractivity contribution in [2.45, 2.75) is 17.9 Å². The van der Waals surface area contributed by atoms with Gasteiger partial charge in [-0.1, -0.05) is 54.1 Å². The molecule has 0 aliphatic carbocycles. The Kier molecular flexibility index (Phi) is 6.75. The molecule has 0 saturated carbocycles. The van der Waals surface area contributed by atoms with Gasteiger partial charge in [-0.3, -0.25) is 4.79 Å². The first kappa shape index (κ1) is 25.2. The van der Waals surface area contributed by atoms with Gasteiger partial charge in [-0.05, 0) is 42.0 Å². The number of esters is 1. The summed E-state index contributed by atoms with van der Waals surface area (Å²) in [6.07, 6.45) is -5.37. The number of hydrogen-bond acceptors (Lipinski definition) is 5. The van der Waals surface area contributed by atoms with Crippen molar-refractivity contribution < 1.29 is 37.4 Å². The second kappa shape index (κ2) is 9.63. The lowest BCUT2D eigenvalue weighted by Gasteiger charge is -2.45. The van der Waals surface area contributed by atoms with Gasteiger partial charge in [0.2, 0.25) is 5.72 Å². The van der Waals surface area contributed by atoms with Gasteiger partial charge in [-0.2, -0.15) is 13.2 Å². The lowest BCUT2D eigenvalue weighted by molar-refractivity contribution is -0.287. The first-order valence-electron chi connectivity index (χ1n) is 10.5. The van der Waals surface area contributed by atoms with Gasteiger partial charge < -0.3 is 20.5 Å².